The van der Waals surface area contributed by atoms with Crippen molar-refractivity contribution in [3.05, 3.63) is 21.9 Å². The Morgan fingerprint density at radius 3 is 2.70 bits per heavy atom. The van der Waals surface area contributed by atoms with Crippen LogP contribution in [0.2, 0.25) is 0 Å². The zero-order valence-electron chi connectivity index (χ0n) is 13.5. The summed E-state index contributed by atoms with van der Waals surface area (Å²) in [6, 6.07) is 4.61. The fourth-order valence-electron chi connectivity index (χ4n) is 2.89. The van der Waals surface area contributed by atoms with Gasteiger partial charge < -0.3 is 5.32 Å². The van der Waals surface area contributed by atoms with E-state index in [1.54, 1.807) is 0 Å². The second-order valence-electron chi connectivity index (χ2n) is 7.13. The molecule has 1 aromatic heterocycles. The van der Waals surface area contributed by atoms with Gasteiger partial charge in [-0.1, -0.05) is 27.7 Å². The van der Waals surface area contributed by atoms with Gasteiger partial charge in [-0.05, 0) is 49.4 Å². The molecule has 114 valence electrons. The van der Waals surface area contributed by atoms with Crippen LogP contribution in [0.25, 0.3) is 0 Å². The molecule has 0 aromatic carbocycles. The zero-order valence-corrected chi connectivity index (χ0v) is 14.4. The van der Waals surface area contributed by atoms with E-state index in [4.69, 9.17) is 0 Å². The molecule has 1 aliphatic rings. The summed E-state index contributed by atoms with van der Waals surface area (Å²) in [5, 5.41) is 3.48. The standard InChI is InChI=1S/C17H30N2S/c1-5-9-18-11-15-6-7-16(20-15)13-19-10-8-14(12-19)17(2,3)4/h6-7,14,18H,5,8-13H2,1-4H3. The summed E-state index contributed by atoms with van der Waals surface area (Å²) in [7, 11) is 0. The molecule has 0 radical (unpaired) electrons. The summed E-state index contributed by atoms with van der Waals surface area (Å²) < 4.78 is 0. The molecule has 1 atom stereocenters. The Balaban J connectivity index is 1.80. The average molecular weight is 295 g/mol. The number of nitrogens with one attached hydrogen (secondary N) is 1. The topological polar surface area (TPSA) is 15.3 Å². The molecule has 0 bridgehead atoms. The Kier molecular flexibility index (Phi) is 5.65. The second-order valence-corrected chi connectivity index (χ2v) is 8.38. The van der Waals surface area contributed by atoms with Crippen molar-refractivity contribution in [2.75, 3.05) is 19.6 Å². The third kappa shape index (κ3) is 4.57. The first-order valence-electron chi connectivity index (χ1n) is 7.99. The molecular formula is C17H30N2S. The minimum atomic E-state index is 0.458. The third-order valence-corrected chi connectivity index (χ3v) is 5.39. The Morgan fingerprint density at radius 1 is 1.30 bits per heavy atom. The van der Waals surface area contributed by atoms with E-state index < -0.39 is 0 Å². The molecule has 1 saturated heterocycles. The van der Waals surface area contributed by atoms with E-state index in [0.717, 1.165) is 25.6 Å². The number of thiophene rings is 1. The van der Waals surface area contributed by atoms with Crippen molar-refractivity contribution in [3.8, 4) is 0 Å². The van der Waals surface area contributed by atoms with Crippen LogP contribution >= 0.6 is 11.3 Å². The van der Waals surface area contributed by atoms with Crippen molar-refractivity contribution in [3.63, 3.8) is 0 Å². The third-order valence-electron chi connectivity index (χ3n) is 4.32. The summed E-state index contributed by atoms with van der Waals surface area (Å²) in [5.41, 5.74) is 0.458. The van der Waals surface area contributed by atoms with Crippen molar-refractivity contribution in [1.29, 1.82) is 0 Å². The van der Waals surface area contributed by atoms with Crippen LogP contribution in [-0.2, 0) is 13.1 Å². The second kappa shape index (κ2) is 7.06. The van der Waals surface area contributed by atoms with Crippen LogP contribution in [0.1, 0.15) is 50.3 Å². The molecule has 3 heteroatoms. The van der Waals surface area contributed by atoms with Crippen molar-refractivity contribution in [2.45, 2.75) is 53.6 Å². The molecule has 2 heterocycles. The van der Waals surface area contributed by atoms with Gasteiger partial charge in [0.25, 0.3) is 0 Å². The van der Waals surface area contributed by atoms with E-state index in [1.807, 2.05) is 11.3 Å². The minimum absolute atomic E-state index is 0.458. The summed E-state index contributed by atoms with van der Waals surface area (Å²) in [6.45, 7) is 15.2. The van der Waals surface area contributed by atoms with Crippen molar-refractivity contribution >= 4 is 11.3 Å². The Labute approximate surface area is 128 Å². The molecule has 0 aliphatic carbocycles. The number of likely N-dealkylation sites (tertiary alicyclic amines) is 1. The Bertz CT molecular complexity index is 405. The minimum Gasteiger partial charge on any atom is -0.312 e. The molecule has 0 amide bonds. The SMILES string of the molecule is CCCNCc1ccc(CN2CCC(C(C)(C)C)C2)s1. The van der Waals surface area contributed by atoms with Crippen LogP contribution in [0.3, 0.4) is 0 Å². The zero-order chi connectivity index (χ0) is 14.6. The number of hydrogen-bond donors (Lipinski definition) is 1. The lowest BCUT2D eigenvalue weighted by molar-refractivity contribution is 0.227. The molecule has 1 unspecified atom stereocenters. The van der Waals surface area contributed by atoms with E-state index >= 15 is 0 Å². The van der Waals surface area contributed by atoms with Crippen LogP contribution < -0.4 is 5.32 Å². The van der Waals surface area contributed by atoms with Gasteiger partial charge >= 0.3 is 0 Å². The molecule has 0 spiro atoms. The molecule has 20 heavy (non-hydrogen) atoms. The normalized spacial score (nSPS) is 20.7. The Hall–Kier alpha value is -0.380. The highest BCUT2D eigenvalue weighted by molar-refractivity contribution is 7.11. The first-order chi connectivity index (χ1) is 9.49. The van der Waals surface area contributed by atoms with Crippen LogP contribution in [0.15, 0.2) is 12.1 Å². The van der Waals surface area contributed by atoms with Gasteiger partial charge in [0.15, 0.2) is 0 Å². The highest BCUT2D eigenvalue weighted by Gasteiger charge is 2.31. The van der Waals surface area contributed by atoms with Crippen LogP contribution in [-0.4, -0.2) is 24.5 Å². The molecular weight excluding hydrogens is 264 g/mol. The maximum Gasteiger partial charge on any atom is 0.0328 e. The summed E-state index contributed by atoms with van der Waals surface area (Å²) >= 11 is 1.97. The van der Waals surface area contributed by atoms with Gasteiger partial charge in [0.05, 0.1) is 0 Å². The smallest absolute Gasteiger partial charge is 0.0328 e. The van der Waals surface area contributed by atoms with Crippen LogP contribution in [0.5, 0.6) is 0 Å². The predicted molar refractivity (Wildman–Crippen MR) is 89.2 cm³/mol. The number of nitrogens with zero attached hydrogens (tertiary/aromatic N) is 1. The lowest BCUT2D eigenvalue weighted by Crippen LogP contribution is -2.25. The maximum atomic E-state index is 3.48. The summed E-state index contributed by atoms with van der Waals surface area (Å²) in [4.78, 5) is 5.62. The lowest BCUT2D eigenvalue weighted by atomic mass is 9.80. The van der Waals surface area contributed by atoms with Gasteiger partial charge in [0, 0.05) is 29.4 Å². The molecule has 1 aliphatic heterocycles. The van der Waals surface area contributed by atoms with E-state index in [0.29, 0.717) is 5.41 Å². The first kappa shape index (κ1) is 16.0. The first-order valence-corrected chi connectivity index (χ1v) is 8.81. The van der Waals surface area contributed by atoms with E-state index in [2.05, 4.69) is 50.0 Å². The largest absolute Gasteiger partial charge is 0.312 e. The van der Waals surface area contributed by atoms with Crippen molar-refractivity contribution in [2.24, 2.45) is 11.3 Å². The fourth-order valence-corrected chi connectivity index (χ4v) is 3.92. The molecule has 1 aromatic rings. The maximum absolute atomic E-state index is 3.48. The fraction of sp³-hybridized carbons (Fsp3) is 0.765. The molecule has 2 nitrogen and oxygen atoms in total. The quantitative estimate of drug-likeness (QED) is 0.794. The van der Waals surface area contributed by atoms with Gasteiger partial charge in [-0.15, -0.1) is 11.3 Å². The van der Waals surface area contributed by atoms with Gasteiger partial charge in [0.1, 0.15) is 0 Å². The highest BCUT2D eigenvalue weighted by Crippen LogP contribution is 2.34. The van der Waals surface area contributed by atoms with E-state index in [1.165, 1.54) is 35.7 Å². The van der Waals surface area contributed by atoms with E-state index in [-0.39, 0.29) is 0 Å². The molecule has 1 fully saturated rings. The molecule has 0 saturated carbocycles. The molecule has 1 N–H and O–H groups in total. The molecule has 2 rings (SSSR count). The number of hydrogen-bond acceptors (Lipinski definition) is 3. The van der Waals surface area contributed by atoms with Crippen LogP contribution in [0, 0.1) is 11.3 Å². The van der Waals surface area contributed by atoms with E-state index in [9.17, 15) is 0 Å². The van der Waals surface area contributed by atoms with Gasteiger partial charge in [0.2, 0.25) is 0 Å². The number of rotatable bonds is 6. The van der Waals surface area contributed by atoms with Gasteiger partial charge in [-0.2, -0.15) is 0 Å². The Morgan fingerprint density at radius 2 is 2.05 bits per heavy atom. The monoisotopic (exact) mass is 294 g/mol. The van der Waals surface area contributed by atoms with Crippen molar-refractivity contribution < 1.29 is 0 Å². The van der Waals surface area contributed by atoms with Gasteiger partial charge in [-0.3, -0.25) is 4.90 Å². The van der Waals surface area contributed by atoms with Crippen molar-refractivity contribution in [1.82, 2.24) is 10.2 Å². The van der Waals surface area contributed by atoms with Crippen LogP contribution in [0.4, 0.5) is 0 Å². The summed E-state index contributed by atoms with van der Waals surface area (Å²) in [6.07, 6.45) is 2.57. The summed E-state index contributed by atoms with van der Waals surface area (Å²) in [5.74, 6) is 0.855. The highest BCUT2D eigenvalue weighted by atomic mass is 32.1. The lowest BCUT2D eigenvalue weighted by Gasteiger charge is -2.27. The predicted octanol–water partition coefficient (Wildman–Crippen LogP) is 4.12. The average Bonchev–Trinajstić information content (AvgIpc) is 2.99. The van der Waals surface area contributed by atoms with Gasteiger partial charge in [-0.25, -0.2) is 0 Å².